The summed E-state index contributed by atoms with van der Waals surface area (Å²) in [6.45, 7) is 2.24. The molecule has 4 heteroatoms. The summed E-state index contributed by atoms with van der Waals surface area (Å²) in [6.07, 6.45) is 13.0. The third-order valence-electron chi connectivity index (χ3n) is 4.55. The maximum atomic E-state index is 12.1. The highest BCUT2D eigenvalue weighted by Gasteiger charge is 2.34. The van der Waals surface area contributed by atoms with Gasteiger partial charge < -0.3 is 6.15 Å². The van der Waals surface area contributed by atoms with Crippen LogP contribution in [0.4, 0.5) is 0 Å². The third-order valence-corrected chi connectivity index (χ3v) is 5.62. The highest BCUT2D eigenvalue weighted by Crippen LogP contribution is 2.31. The normalized spacial score (nSPS) is 12.9. The molecule has 0 heterocycles. The molecule has 0 spiro atoms. The molecule has 142 valence electrons. The van der Waals surface area contributed by atoms with E-state index in [1.807, 2.05) is 30.3 Å². The molecule has 3 nitrogen and oxygen atoms in total. The zero-order valence-electron chi connectivity index (χ0n) is 15.6. The van der Waals surface area contributed by atoms with Crippen molar-refractivity contribution in [3.8, 4) is 0 Å². The second-order valence-corrected chi connectivity index (χ2v) is 8.21. The lowest BCUT2D eigenvalue weighted by Gasteiger charge is -2.24. The summed E-state index contributed by atoms with van der Waals surface area (Å²) >= 11 is 3.58. The minimum atomic E-state index is -0.739. The quantitative estimate of drug-likeness (QED) is 0.171. The Hall–Kier alpha value is -1.00. The molecule has 3 N–H and O–H groups in total. The van der Waals surface area contributed by atoms with Gasteiger partial charge in [0, 0.05) is 0 Å². The molecule has 0 bridgehead atoms. The number of hydrogen-bond acceptors (Lipinski definition) is 3. The van der Waals surface area contributed by atoms with Crippen LogP contribution in [0.5, 0.6) is 0 Å². The van der Waals surface area contributed by atoms with Crippen molar-refractivity contribution in [1.29, 1.82) is 0 Å². The van der Waals surface area contributed by atoms with Crippen LogP contribution < -0.4 is 6.15 Å². The molecule has 0 saturated carbocycles. The number of carbonyl (C=O) groups is 2. The van der Waals surface area contributed by atoms with Gasteiger partial charge in [-0.25, -0.2) is 0 Å². The Labute approximate surface area is 161 Å². The lowest BCUT2D eigenvalue weighted by molar-refractivity contribution is -0.131. The summed E-state index contributed by atoms with van der Waals surface area (Å²) in [5, 5.41) is 0. The van der Waals surface area contributed by atoms with Crippen molar-refractivity contribution in [3.05, 3.63) is 35.9 Å². The number of carbonyl (C=O) groups excluding carboxylic acids is 2. The van der Waals surface area contributed by atoms with E-state index < -0.39 is 4.32 Å². The van der Waals surface area contributed by atoms with Crippen LogP contribution in [-0.4, -0.2) is 16.4 Å². The number of benzene rings is 1. The summed E-state index contributed by atoms with van der Waals surface area (Å²) in [4.78, 5) is 23.1. The van der Waals surface area contributed by atoms with Crippen molar-refractivity contribution >= 4 is 28.0 Å². The molecule has 25 heavy (non-hydrogen) atoms. The lowest BCUT2D eigenvalue weighted by Crippen LogP contribution is -2.35. The highest BCUT2D eigenvalue weighted by molar-refractivity contribution is 9.10. The lowest BCUT2D eigenvalue weighted by atomic mass is 9.90. The summed E-state index contributed by atoms with van der Waals surface area (Å²) in [5.74, 6) is -0.342. The van der Waals surface area contributed by atoms with Crippen molar-refractivity contribution in [3.63, 3.8) is 0 Å². The van der Waals surface area contributed by atoms with Crippen molar-refractivity contribution in [2.75, 3.05) is 0 Å². The zero-order chi connectivity index (χ0) is 17.7. The van der Waals surface area contributed by atoms with Crippen LogP contribution in [0.3, 0.4) is 0 Å². The van der Waals surface area contributed by atoms with Gasteiger partial charge in [-0.15, -0.1) is 0 Å². The van der Waals surface area contributed by atoms with Crippen LogP contribution in [0.15, 0.2) is 30.3 Å². The second kappa shape index (κ2) is 14.2. The molecule has 1 atom stereocenters. The molecule has 0 amide bonds. The van der Waals surface area contributed by atoms with E-state index in [1.165, 1.54) is 44.9 Å². The first kappa shape index (κ1) is 24.0. The maximum Gasteiger partial charge on any atom is 0.212 e. The maximum absolute atomic E-state index is 12.1. The third kappa shape index (κ3) is 9.91. The summed E-state index contributed by atoms with van der Waals surface area (Å²) in [5.41, 5.74) is 1.08. The molecule has 1 aromatic rings. The van der Waals surface area contributed by atoms with Crippen molar-refractivity contribution in [1.82, 2.24) is 6.15 Å². The Balaban J connectivity index is 0.00000576. The van der Waals surface area contributed by atoms with Crippen LogP contribution in [0.1, 0.15) is 76.7 Å². The first-order chi connectivity index (χ1) is 11.6. The monoisotopic (exact) mass is 411 g/mol. The van der Waals surface area contributed by atoms with E-state index in [4.69, 9.17) is 0 Å². The predicted octanol–water partition coefficient (Wildman–Crippen LogP) is 6.21. The molecule has 1 rings (SSSR count). The number of rotatable bonds is 14. The number of halogens is 1. The van der Waals surface area contributed by atoms with Gasteiger partial charge in [-0.1, -0.05) is 111 Å². The molecule has 0 saturated heterocycles. The van der Waals surface area contributed by atoms with Gasteiger partial charge in [0.2, 0.25) is 5.78 Å². The van der Waals surface area contributed by atoms with Gasteiger partial charge in [-0.3, -0.25) is 9.59 Å². The van der Waals surface area contributed by atoms with E-state index in [-0.39, 0.29) is 11.9 Å². The fourth-order valence-corrected chi connectivity index (χ4v) is 3.74. The fourth-order valence-electron chi connectivity index (χ4n) is 3.04. The van der Waals surface area contributed by atoms with E-state index in [0.29, 0.717) is 12.7 Å². The first-order valence-corrected chi connectivity index (χ1v) is 10.1. The van der Waals surface area contributed by atoms with Crippen LogP contribution in [0.2, 0.25) is 0 Å². The number of hydrogen-bond donors (Lipinski definition) is 1. The Morgan fingerprint density at radius 2 is 1.48 bits per heavy atom. The van der Waals surface area contributed by atoms with Gasteiger partial charge in [0.1, 0.15) is 0 Å². The van der Waals surface area contributed by atoms with Crippen molar-refractivity contribution in [2.24, 2.45) is 0 Å². The number of ketones is 1. The Bertz CT molecular complexity index is 478. The van der Waals surface area contributed by atoms with Gasteiger partial charge in [0.05, 0.1) is 4.32 Å². The number of alkyl halides is 1. The minimum Gasteiger partial charge on any atom is -0.344 e. The van der Waals surface area contributed by atoms with E-state index in [2.05, 4.69) is 22.9 Å². The Kier molecular flexibility index (Phi) is 13.6. The summed E-state index contributed by atoms with van der Waals surface area (Å²) in [7, 11) is 0. The summed E-state index contributed by atoms with van der Waals surface area (Å²) < 4.78 is -0.739. The molecule has 0 fully saturated rings. The first-order valence-electron chi connectivity index (χ1n) is 9.35. The molecule has 0 aliphatic rings. The fraction of sp³-hybridized carbons (Fsp3) is 0.619. The van der Waals surface area contributed by atoms with Crippen LogP contribution in [-0.2, 0) is 16.0 Å². The van der Waals surface area contributed by atoms with Gasteiger partial charge in [-0.05, 0) is 18.4 Å². The topological polar surface area (TPSA) is 69.1 Å². The van der Waals surface area contributed by atoms with Crippen molar-refractivity contribution in [2.45, 2.75) is 81.9 Å². The van der Waals surface area contributed by atoms with Gasteiger partial charge in [0.25, 0.3) is 0 Å². The van der Waals surface area contributed by atoms with Gasteiger partial charge in [-0.2, -0.15) is 0 Å². The standard InChI is InChI=1S/C21H31BrO2.H3N/c1-2-3-4-5-6-7-8-9-13-16-21(22,20(24)18-23)17-19-14-11-10-12-15-19;/h10-12,14-15,18H,2-9,13,16-17H2,1H3;1H3. The molecular weight excluding hydrogens is 378 g/mol. The molecule has 0 radical (unpaired) electrons. The summed E-state index contributed by atoms with van der Waals surface area (Å²) in [6, 6.07) is 9.90. The van der Waals surface area contributed by atoms with Crippen LogP contribution >= 0.6 is 15.9 Å². The van der Waals surface area contributed by atoms with Gasteiger partial charge in [0.15, 0.2) is 6.29 Å². The minimum absolute atomic E-state index is 0. The molecular formula is C21H34BrNO2. The van der Waals surface area contributed by atoms with E-state index in [1.54, 1.807) is 0 Å². The van der Waals surface area contributed by atoms with E-state index in [0.717, 1.165) is 24.8 Å². The Morgan fingerprint density at radius 1 is 0.960 bits per heavy atom. The van der Waals surface area contributed by atoms with Gasteiger partial charge >= 0.3 is 0 Å². The molecule has 1 unspecified atom stereocenters. The smallest absolute Gasteiger partial charge is 0.212 e. The van der Waals surface area contributed by atoms with E-state index in [9.17, 15) is 9.59 Å². The SMILES string of the molecule is CCCCCCCCCCCC(Br)(Cc1ccccc1)C(=O)C=O.N. The number of aldehydes is 1. The molecule has 0 aliphatic carbocycles. The largest absolute Gasteiger partial charge is 0.344 e. The predicted molar refractivity (Wildman–Crippen MR) is 110 cm³/mol. The van der Waals surface area contributed by atoms with Crippen LogP contribution in [0, 0.1) is 0 Å². The second-order valence-electron chi connectivity index (χ2n) is 6.69. The molecule has 0 aromatic heterocycles. The number of unbranched alkanes of at least 4 members (excludes halogenated alkanes) is 8. The zero-order valence-corrected chi connectivity index (χ0v) is 17.2. The van der Waals surface area contributed by atoms with Crippen molar-refractivity contribution < 1.29 is 9.59 Å². The van der Waals surface area contributed by atoms with E-state index >= 15 is 0 Å². The Morgan fingerprint density at radius 3 is 2.00 bits per heavy atom. The molecule has 1 aromatic carbocycles. The molecule has 0 aliphatic heterocycles. The average molecular weight is 412 g/mol. The van der Waals surface area contributed by atoms with Crippen LogP contribution in [0.25, 0.3) is 0 Å². The highest BCUT2D eigenvalue weighted by atomic mass is 79.9. The average Bonchev–Trinajstić information content (AvgIpc) is 2.60. The number of Topliss-reactive ketones (excluding diaryl/α,β-unsaturated/α-hetero) is 1.